The Balaban J connectivity index is 1.26. The molecule has 0 radical (unpaired) electrons. The van der Waals surface area contributed by atoms with Crippen molar-refractivity contribution in [1.82, 2.24) is 10.2 Å². The number of rotatable bonds is 5. The van der Waals surface area contributed by atoms with Gasteiger partial charge in [0.25, 0.3) is 0 Å². The van der Waals surface area contributed by atoms with Crippen LogP contribution in [0.15, 0.2) is 0 Å². The summed E-state index contributed by atoms with van der Waals surface area (Å²) in [5.41, 5.74) is 0. The van der Waals surface area contributed by atoms with Crippen molar-refractivity contribution in [2.45, 2.75) is 109 Å². The molecule has 4 fully saturated rings. The van der Waals surface area contributed by atoms with E-state index in [0.717, 1.165) is 42.5 Å². The van der Waals surface area contributed by atoms with Crippen molar-refractivity contribution < 1.29 is 9.47 Å². The minimum atomic E-state index is -0.0512. The Morgan fingerprint density at radius 2 is 1.67 bits per heavy atom. The summed E-state index contributed by atoms with van der Waals surface area (Å²) >= 11 is 0. The van der Waals surface area contributed by atoms with Gasteiger partial charge < -0.3 is 19.7 Å². The average molecular weight is 379 g/mol. The van der Waals surface area contributed by atoms with Gasteiger partial charge in [-0.1, -0.05) is 0 Å². The maximum Gasteiger partial charge on any atom is 0.155 e. The summed E-state index contributed by atoms with van der Waals surface area (Å²) in [4.78, 5) is 2.65. The van der Waals surface area contributed by atoms with Crippen molar-refractivity contribution in [1.29, 1.82) is 0 Å². The highest BCUT2D eigenvalue weighted by molar-refractivity contribution is 4.97. The van der Waals surface area contributed by atoms with Crippen LogP contribution in [-0.4, -0.2) is 55.6 Å². The zero-order chi connectivity index (χ0) is 18.8. The highest BCUT2D eigenvalue weighted by Gasteiger charge is 2.42. The normalized spacial score (nSPS) is 44.3. The molecule has 4 rings (SSSR count). The molecule has 2 heterocycles. The standard InChI is InChI=1S/C23H42N2O2/c1-4-26-16(2)27-20-9-11-22-18(15-20)7-10-21(24-22)17-8-12-23-19(14-17)6-5-13-25(23)3/h16-24H,4-15H2,1-3H3/t16?,17?,18-,19-,20?,21?,22+,23+/m1/s1. The lowest BCUT2D eigenvalue weighted by atomic mass is 9.68. The molecule has 4 nitrogen and oxygen atoms in total. The Hall–Kier alpha value is -0.160. The predicted molar refractivity (Wildman–Crippen MR) is 110 cm³/mol. The molecule has 4 unspecified atom stereocenters. The van der Waals surface area contributed by atoms with Crippen molar-refractivity contribution in [3.05, 3.63) is 0 Å². The van der Waals surface area contributed by atoms with E-state index in [1.165, 1.54) is 70.8 Å². The van der Waals surface area contributed by atoms with Gasteiger partial charge in [0.05, 0.1) is 6.10 Å². The first-order valence-corrected chi connectivity index (χ1v) is 11.9. The number of hydrogen-bond acceptors (Lipinski definition) is 4. The average Bonchev–Trinajstić information content (AvgIpc) is 2.67. The van der Waals surface area contributed by atoms with Gasteiger partial charge in [-0.05, 0) is 109 Å². The molecule has 2 saturated heterocycles. The minimum Gasteiger partial charge on any atom is -0.353 e. The van der Waals surface area contributed by atoms with E-state index >= 15 is 0 Å². The van der Waals surface area contributed by atoms with Gasteiger partial charge in [0.2, 0.25) is 0 Å². The van der Waals surface area contributed by atoms with E-state index in [0.29, 0.717) is 6.10 Å². The Labute approximate surface area is 166 Å². The third-order valence-corrected chi connectivity index (χ3v) is 8.20. The number of fused-ring (bicyclic) bond motifs is 2. The molecule has 27 heavy (non-hydrogen) atoms. The second-order valence-corrected chi connectivity index (χ2v) is 9.83. The van der Waals surface area contributed by atoms with Crippen LogP contribution in [0.3, 0.4) is 0 Å². The van der Waals surface area contributed by atoms with Gasteiger partial charge in [-0.15, -0.1) is 0 Å². The van der Waals surface area contributed by atoms with Crippen LogP contribution >= 0.6 is 0 Å². The number of ether oxygens (including phenoxy) is 2. The van der Waals surface area contributed by atoms with Gasteiger partial charge in [-0.3, -0.25) is 0 Å². The molecule has 4 heteroatoms. The largest absolute Gasteiger partial charge is 0.353 e. The molecule has 1 N–H and O–H groups in total. The van der Waals surface area contributed by atoms with Gasteiger partial charge in [0.15, 0.2) is 6.29 Å². The van der Waals surface area contributed by atoms with Crippen LogP contribution in [-0.2, 0) is 9.47 Å². The number of piperidine rings is 2. The number of nitrogens with one attached hydrogen (secondary N) is 1. The molecule has 8 atom stereocenters. The molecular formula is C23H42N2O2. The lowest BCUT2D eigenvalue weighted by Gasteiger charge is -2.49. The Bertz CT molecular complexity index is 473. The van der Waals surface area contributed by atoms with Gasteiger partial charge in [-0.25, -0.2) is 0 Å². The summed E-state index contributed by atoms with van der Waals surface area (Å²) in [5.74, 6) is 2.70. The van der Waals surface area contributed by atoms with Crippen LogP contribution in [0, 0.1) is 17.8 Å². The SMILES string of the molecule is CCOC(C)OC1CC[C@@H]2NC(C3CC[C@H]4[C@H](CCCN4C)C3)CC[C@@H]2C1. The fourth-order valence-electron chi connectivity index (χ4n) is 6.86. The quantitative estimate of drug-likeness (QED) is 0.728. The van der Waals surface area contributed by atoms with Gasteiger partial charge >= 0.3 is 0 Å². The highest BCUT2D eigenvalue weighted by Crippen LogP contribution is 2.42. The Kier molecular flexibility index (Phi) is 6.79. The number of hydrogen-bond donors (Lipinski definition) is 1. The summed E-state index contributed by atoms with van der Waals surface area (Å²) in [6.07, 6.45) is 14.1. The first kappa shape index (κ1) is 20.1. The highest BCUT2D eigenvalue weighted by atomic mass is 16.7. The van der Waals surface area contributed by atoms with E-state index in [2.05, 4.69) is 17.3 Å². The van der Waals surface area contributed by atoms with Crippen LogP contribution in [0.1, 0.15) is 78.1 Å². The van der Waals surface area contributed by atoms with Crippen LogP contribution < -0.4 is 5.32 Å². The number of nitrogens with zero attached hydrogens (tertiary/aromatic N) is 1. The molecule has 0 amide bonds. The molecule has 0 aromatic heterocycles. The minimum absolute atomic E-state index is 0.0512. The molecule has 2 aliphatic heterocycles. The predicted octanol–water partition coefficient (Wildman–Crippen LogP) is 4.19. The molecule has 156 valence electrons. The maximum atomic E-state index is 6.14. The Morgan fingerprint density at radius 1 is 0.926 bits per heavy atom. The molecule has 0 aromatic rings. The van der Waals surface area contributed by atoms with Crippen LogP contribution in [0.4, 0.5) is 0 Å². The molecule has 0 aromatic carbocycles. The van der Waals surface area contributed by atoms with Crippen LogP contribution in [0.2, 0.25) is 0 Å². The van der Waals surface area contributed by atoms with E-state index in [-0.39, 0.29) is 6.29 Å². The van der Waals surface area contributed by atoms with E-state index in [9.17, 15) is 0 Å². The van der Waals surface area contributed by atoms with Gasteiger partial charge in [-0.2, -0.15) is 0 Å². The lowest BCUT2D eigenvalue weighted by Crippen LogP contribution is -2.55. The van der Waals surface area contributed by atoms with Crippen LogP contribution in [0.25, 0.3) is 0 Å². The van der Waals surface area contributed by atoms with Crippen LogP contribution in [0.5, 0.6) is 0 Å². The van der Waals surface area contributed by atoms with E-state index in [4.69, 9.17) is 9.47 Å². The topological polar surface area (TPSA) is 33.7 Å². The molecule has 2 saturated carbocycles. The van der Waals surface area contributed by atoms with E-state index < -0.39 is 0 Å². The summed E-state index contributed by atoms with van der Waals surface area (Å²) in [6, 6.07) is 2.39. The molecule has 0 bridgehead atoms. The van der Waals surface area contributed by atoms with Crippen molar-refractivity contribution in [3.63, 3.8) is 0 Å². The third kappa shape index (κ3) is 4.71. The maximum absolute atomic E-state index is 6.14. The second kappa shape index (κ2) is 9.11. The number of likely N-dealkylation sites (tertiary alicyclic amines) is 1. The molecule has 2 aliphatic carbocycles. The molecule has 4 aliphatic rings. The summed E-state index contributed by atoms with van der Waals surface area (Å²) < 4.78 is 11.7. The van der Waals surface area contributed by atoms with Crippen molar-refractivity contribution in [3.8, 4) is 0 Å². The van der Waals surface area contributed by atoms with Crippen molar-refractivity contribution in [2.24, 2.45) is 17.8 Å². The van der Waals surface area contributed by atoms with E-state index in [1.807, 2.05) is 13.8 Å². The van der Waals surface area contributed by atoms with Crippen molar-refractivity contribution in [2.75, 3.05) is 20.2 Å². The zero-order valence-electron chi connectivity index (χ0n) is 17.9. The summed E-state index contributed by atoms with van der Waals surface area (Å²) in [6.45, 7) is 6.15. The summed E-state index contributed by atoms with van der Waals surface area (Å²) in [7, 11) is 2.35. The van der Waals surface area contributed by atoms with E-state index in [1.54, 1.807) is 0 Å². The van der Waals surface area contributed by atoms with Gasteiger partial charge in [0, 0.05) is 24.7 Å². The van der Waals surface area contributed by atoms with Crippen molar-refractivity contribution >= 4 is 0 Å². The Morgan fingerprint density at radius 3 is 2.48 bits per heavy atom. The third-order valence-electron chi connectivity index (χ3n) is 8.20. The molecular weight excluding hydrogens is 336 g/mol. The fourth-order valence-corrected chi connectivity index (χ4v) is 6.86. The first-order chi connectivity index (χ1) is 13.1. The first-order valence-electron chi connectivity index (χ1n) is 11.9. The molecule has 0 spiro atoms. The second-order valence-electron chi connectivity index (χ2n) is 9.83. The fraction of sp³-hybridized carbons (Fsp3) is 1.00. The zero-order valence-corrected chi connectivity index (χ0v) is 17.9. The monoisotopic (exact) mass is 378 g/mol. The lowest BCUT2D eigenvalue weighted by molar-refractivity contribution is -0.170. The van der Waals surface area contributed by atoms with Gasteiger partial charge in [0.1, 0.15) is 0 Å². The summed E-state index contributed by atoms with van der Waals surface area (Å²) in [5, 5.41) is 4.13. The smallest absolute Gasteiger partial charge is 0.155 e.